The third kappa shape index (κ3) is 8.44. The third-order valence-electron chi connectivity index (χ3n) is 19.9. The van der Waals surface area contributed by atoms with Crippen molar-refractivity contribution in [1.82, 2.24) is 20.9 Å². The molecule has 4 unspecified atom stereocenters. The van der Waals surface area contributed by atoms with Crippen molar-refractivity contribution in [2.24, 2.45) is 56.7 Å². The maximum atomic E-state index is 14.8. The lowest BCUT2D eigenvalue weighted by Gasteiger charge is -2.72. The van der Waals surface area contributed by atoms with Crippen molar-refractivity contribution in [3.63, 3.8) is 0 Å². The lowest BCUT2D eigenvalue weighted by molar-refractivity contribution is -0.246. The van der Waals surface area contributed by atoms with Gasteiger partial charge in [0.05, 0.1) is 18.6 Å². The highest BCUT2D eigenvalue weighted by molar-refractivity contribution is 5.97. The van der Waals surface area contributed by atoms with Crippen LogP contribution < -0.4 is 16.0 Å². The van der Waals surface area contributed by atoms with Gasteiger partial charge in [0, 0.05) is 41.8 Å². The number of aromatic amines is 1. The van der Waals surface area contributed by atoms with E-state index in [1.54, 1.807) is 30.3 Å². The maximum Gasteiger partial charge on any atom is 0.328 e. The van der Waals surface area contributed by atoms with E-state index in [0.717, 1.165) is 72.7 Å². The van der Waals surface area contributed by atoms with Gasteiger partial charge in [-0.1, -0.05) is 89.2 Å². The van der Waals surface area contributed by atoms with Crippen LogP contribution >= 0.6 is 0 Å². The number of hydrogen-bond donors (Lipinski definition) is 5. The van der Waals surface area contributed by atoms with Gasteiger partial charge < -0.3 is 30.8 Å². The Balaban J connectivity index is 0.801. The smallest absolute Gasteiger partial charge is 0.328 e. The number of fused-ring (bicyclic) bond motifs is 8. The van der Waals surface area contributed by atoms with Gasteiger partial charge in [-0.3, -0.25) is 14.4 Å². The Labute approximate surface area is 409 Å². The molecule has 11 atom stereocenters. The number of aromatic nitrogens is 1. The number of aliphatic hydroxyl groups excluding tert-OH is 1. The Morgan fingerprint density at radius 2 is 1.54 bits per heavy atom. The van der Waals surface area contributed by atoms with Gasteiger partial charge in [0.1, 0.15) is 6.04 Å². The number of carbonyl (C=O) groups excluding carboxylic acids is 4. The Morgan fingerprint density at radius 3 is 2.28 bits per heavy atom. The summed E-state index contributed by atoms with van der Waals surface area (Å²) in [4.78, 5) is 57.5. The molecule has 3 amide bonds. The van der Waals surface area contributed by atoms with E-state index < -0.39 is 23.3 Å². The van der Waals surface area contributed by atoms with Crippen LogP contribution in [0.2, 0.25) is 0 Å². The predicted molar refractivity (Wildman–Crippen MR) is 271 cm³/mol. The number of H-pyrrole nitrogens is 1. The van der Waals surface area contributed by atoms with Gasteiger partial charge >= 0.3 is 5.97 Å². The first kappa shape index (κ1) is 48.8. The fourth-order valence-corrected chi connectivity index (χ4v) is 16.0. The molecule has 0 spiro atoms. The largest absolute Gasteiger partial charge is 0.467 e. The molecule has 10 heteroatoms. The summed E-state index contributed by atoms with van der Waals surface area (Å²) in [5.74, 6) is 1.29. The highest BCUT2D eigenvalue weighted by atomic mass is 16.5. The molecule has 368 valence electrons. The van der Waals surface area contributed by atoms with Crippen molar-refractivity contribution in [2.45, 2.75) is 137 Å². The summed E-state index contributed by atoms with van der Waals surface area (Å²) in [7, 11) is 1.31. The number of benzene rings is 3. The SMILES string of the molecule is C=C(C)[C@@H]1CC[C@]2(C(=O)NCCc3cccc(C(=O)NCc4ccc(C(=O)N[C@H](Cc5cc6ccccc6[nH]5)C(=O)OC)cc4)c3)CC[C@]3(C)C(CCC4[C@@]5(C)CC[C@H](O)C(C)(C)C5CC[C@]43C)C12. The predicted octanol–water partition coefficient (Wildman–Crippen LogP) is 10.3. The van der Waals surface area contributed by atoms with E-state index in [9.17, 15) is 24.3 Å². The molecule has 4 aromatic rings. The van der Waals surface area contributed by atoms with Crippen molar-refractivity contribution >= 4 is 34.6 Å². The first-order valence-electron chi connectivity index (χ1n) is 25.9. The topological polar surface area (TPSA) is 150 Å². The molecule has 0 radical (unpaired) electrons. The average Bonchev–Trinajstić information content (AvgIpc) is 3.94. The number of aliphatic hydroxyl groups is 1. The zero-order valence-electron chi connectivity index (χ0n) is 42.1. The van der Waals surface area contributed by atoms with E-state index in [1.165, 1.54) is 31.9 Å². The summed E-state index contributed by atoms with van der Waals surface area (Å²) in [5.41, 5.74) is 5.77. The third-order valence-corrected chi connectivity index (χ3v) is 19.9. The Morgan fingerprint density at radius 1 is 0.768 bits per heavy atom. The van der Waals surface area contributed by atoms with Gasteiger partial charge in [-0.05, 0) is 182 Å². The van der Waals surface area contributed by atoms with Crippen LogP contribution in [0.4, 0.5) is 0 Å². The standard InChI is InChI=1S/C59H76N4O6/c1-36(2)43-22-28-59(30-29-57(6)44(50(43)59)20-21-48-56(5)26-24-49(64)55(3,4)47(56)23-27-58(48,57)7)54(68)60-31-25-37-12-11-14-41(32-37)51(65)61-35-38-16-18-39(19-17-38)52(66)63-46(53(67)69-8)34-42-33-40-13-9-10-15-45(40)62-42/h9-19,32-33,43-44,46-50,62,64H,1,20-31,34-35H2,2-8H3,(H,60,68)(H,61,65)(H,63,66)/t43-,44?,46+,47?,48?,49-,50?,56-,57+,58+,59-/m0/s1. The van der Waals surface area contributed by atoms with Crippen LogP contribution in [0.25, 0.3) is 10.9 Å². The normalized spacial score (nSPS) is 32.6. The number of rotatable bonds is 13. The Kier molecular flexibility index (Phi) is 13.1. The van der Waals surface area contributed by atoms with Gasteiger partial charge in [0.2, 0.25) is 5.91 Å². The van der Waals surface area contributed by atoms with Crippen LogP contribution in [0.1, 0.15) is 143 Å². The van der Waals surface area contributed by atoms with Crippen LogP contribution in [0, 0.1) is 56.7 Å². The van der Waals surface area contributed by atoms with Crippen molar-refractivity contribution in [3.8, 4) is 0 Å². The van der Waals surface area contributed by atoms with Gasteiger partial charge in [0.25, 0.3) is 11.8 Å². The fraction of sp³-hybridized carbons (Fsp3) is 0.559. The van der Waals surface area contributed by atoms with Crippen molar-refractivity contribution in [2.75, 3.05) is 13.7 Å². The van der Waals surface area contributed by atoms with Crippen LogP contribution in [0.5, 0.6) is 0 Å². The fourth-order valence-electron chi connectivity index (χ4n) is 16.0. The van der Waals surface area contributed by atoms with E-state index in [0.29, 0.717) is 47.8 Å². The van der Waals surface area contributed by atoms with Gasteiger partial charge in [0.15, 0.2) is 0 Å². The molecule has 5 fully saturated rings. The second-order valence-corrected chi connectivity index (χ2v) is 23.4. The highest BCUT2D eigenvalue weighted by Crippen LogP contribution is 2.77. The number of esters is 1. The van der Waals surface area contributed by atoms with E-state index in [2.05, 4.69) is 69.1 Å². The summed E-state index contributed by atoms with van der Waals surface area (Å²) in [6.07, 6.45) is 11.3. The monoisotopic (exact) mass is 937 g/mol. The second kappa shape index (κ2) is 18.5. The quantitative estimate of drug-likeness (QED) is 0.0666. The maximum absolute atomic E-state index is 14.8. The number of allylic oxidation sites excluding steroid dienone is 1. The molecule has 5 aliphatic rings. The zero-order chi connectivity index (χ0) is 49.1. The number of nitrogens with one attached hydrogen (secondary N) is 4. The molecule has 1 aromatic heterocycles. The van der Waals surface area contributed by atoms with E-state index in [1.807, 2.05) is 48.5 Å². The van der Waals surface area contributed by atoms with Gasteiger partial charge in [-0.2, -0.15) is 0 Å². The lowest BCUT2D eigenvalue weighted by atomic mass is 9.32. The summed E-state index contributed by atoms with van der Waals surface area (Å²) in [5, 5.41) is 21.5. The minimum absolute atomic E-state index is 0.0735. The first-order valence-corrected chi connectivity index (χ1v) is 25.9. The molecule has 9 rings (SSSR count). The summed E-state index contributed by atoms with van der Waals surface area (Å²) in [6, 6.07) is 23.5. The minimum atomic E-state index is -0.880. The summed E-state index contributed by atoms with van der Waals surface area (Å²) >= 11 is 0. The van der Waals surface area contributed by atoms with E-state index in [-0.39, 0.29) is 58.5 Å². The van der Waals surface area contributed by atoms with Crippen molar-refractivity contribution in [3.05, 3.63) is 119 Å². The number of amides is 3. The second-order valence-electron chi connectivity index (χ2n) is 23.4. The van der Waals surface area contributed by atoms with E-state index >= 15 is 0 Å². The highest BCUT2D eigenvalue weighted by Gasteiger charge is 2.71. The molecule has 5 N–H and O–H groups in total. The lowest BCUT2D eigenvalue weighted by Crippen LogP contribution is -2.67. The molecule has 1 heterocycles. The van der Waals surface area contributed by atoms with E-state index in [4.69, 9.17) is 4.74 Å². The molecular weight excluding hydrogens is 861 g/mol. The van der Waals surface area contributed by atoms with Gasteiger partial charge in [-0.15, -0.1) is 0 Å². The van der Waals surface area contributed by atoms with Gasteiger partial charge in [-0.25, -0.2) is 4.79 Å². The number of para-hydroxylation sites is 1. The number of methoxy groups -OCH3 is 1. The van der Waals surface area contributed by atoms with Crippen molar-refractivity contribution < 1.29 is 29.0 Å². The average molecular weight is 937 g/mol. The van der Waals surface area contributed by atoms with Crippen LogP contribution in [0.15, 0.2) is 91.0 Å². The molecule has 10 nitrogen and oxygen atoms in total. The molecular formula is C59H76N4O6. The number of carbonyl (C=O) groups is 4. The van der Waals surface area contributed by atoms with Crippen LogP contribution in [-0.2, 0) is 33.7 Å². The summed E-state index contributed by atoms with van der Waals surface area (Å²) in [6.45, 7) is 20.0. The molecule has 69 heavy (non-hydrogen) atoms. The summed E-state index contributed by atoms with van der Waals surface area (Å²) < 4.78 is 5.01. The Bertz CT molecular complexity index is 2580. The number of hydrogen-bond acceptors (Lipinski definition) is 6. The molecule has 0 bridgehead atoms. The zero-order valence-corrected chi connectivity index (χ0v) is 42.1. The molecule has 5 saturated carbocycles. The van der Waals surface area contributed by atoms with Crippen LogP contribution in [0.3, 0.4) is 0 Å². The van der Waals surface area contributed by atoms with Crippen molar-refractivity contribution in [1.29, 1.82) is 0 Å². The molecule has 0 saturated heterocycles. The molecule has 3 aromatic carbocycles. The number of ether oxygens (including phenoxy) is 1. The minimum Gasteiger partial charge on any atom is -0.467 e. The molecule has 0 aliphatic heterocycles. The first-order chi connectivity index (χ1) is 32.8. The van der Waals surface area contributed by atoms with Crippen LogP contribution in [-0.4, -0.2) is 59.6 Å². The molecule has 5 aliphatic carbocycles. The Hall–Kier alpha value is -5.22.